The van der Waals surface area contributed by atoms with E-state index in [0.29, 0.717) is 47.0 Å². The summed E-state index contributed by atoms with van der Waals surface area (Å²) in [4.78, 5) is 29.9. The Labute approximate surface area is 221 Å². The lowest BCUT2D eigenvalue weighted by atomic mass is 10.2. The highest BCUT2D eigenvalue weighted by Crippen LogP contribution is 2.35. The van der Waals surface area contributed by atoms with Crippen molar-refractivity contribution in [1.82, 2.24) is 24.3 Å². The van der Waals surface area contributed by atoms with Gasteiger partial charge in [-0.2, -0.15) is 10.2 Å². The summed E-state index contributed by atoms with van der Waals surface area (Å²) in [5.41, 5.74) is 3.74. The minimum Gasteiger partial charge on any atom is -0.479 e. The second-order valence-corrected chi connectivity index (χ2v) is 8.74. The van der Waals surface area contributed by atoms with Crippen LogP contribution in [0.4, 0.5) is 23.1 Å². The topological polar surface area (TPSA) is 124 Å². The number of nitriles is 1. The molecule has 0 aliphatic rings. The molecule has 0 fully saturated rings. The van der Waals surface area contributed by atoms with Crippen LogP contribution < -0.4 is 20.3 Å². The number of ether oxygens (including phenoxy) is 1. The SMILES string of the molecule is C=CC(=O)Nc1cc(Nc2nccc(-c3cc(C#N)n4ccccc34)n2)c(OC)nc1N(C)CCN(C)C. The summed E-state index contributed by atoms with van der Waals surface area (Å²) >= 11 is 0. The second-order valence-electron chi connectivity index (χ2n) is 8.74. The van der Waals surface area contributed by atoms with Gasteiger partial charge in [-0.15, -0.1) is 0 Å². The molecule has 38 heavy (non-hydrogen) atoms. The summed E-state index contributed by atoms with van der Waals surface area (Å²) in [7, 11) is 7.39. The number of pyridine rings is 2. The van der Waals surface area contributed by atoms with E-state index in [9.17, 15) is 10.1 Å². The lowest BCUT2D eigenvalue weighted by Crippen LogP contribution is -2.30. The van der Waals surface area contributed by atoms with E-state index in [1.165, 1.54) is 13.2 Å². The number of hydrogen-bond donors (Lipinski definition) is 2. The van der Waals surface area contributed by atoms with Crippen molar-refractivity contribution in [3.63, 3.8) is 0 Å². The van der Waals surface area contributed by atoms with Crippen molar-refractivity contribution in [2.45, 2.75) is 0 Å². The van der Waals surface area contributed by atoms with Crippen LogP contribution in [0.2, 0.25) is 0 Å². The van der Waals surface area contributed by atoms with Crippen molar-refractivity contribution in [2.75, 3.05) is 56.9 Å². The van der Waals surface area contributed by atoms with E-state index in [1.807, 2.05) is 54.8 Å². The Morgan fingerprint density at radius 1 is 1.18 bits per heavy atom. The highest BCUT2D eigenvalue weighted by atomic mass is 16.5. The third-order valence-electron chi connectivity index (χ3n) is 5.82. The van der Waals surface area contributed by atoms with E-state index >= 15 is 0 Å². The Morgan fingerprint density at radius 2 is 2.00 bits per heavy atom. The average molecular weight is 512 g/mol. The van der Waals surface area contributed by atoms with Crippen LogP contribution in [0.3, 0.4) is 0 Å². The minimum absolute atomic E-state index is 0.297. The number of likely N-dealkylation sites (N-methyl/N-ethyl adjacent to an activating group) is 2. The molecule has 4 aromatic rings. The number of amides is 1. The van der Waals surface area contributed by atoms with Crippen LogP contribution in [-0.4, -0.2) is 71.5 Å². The molecule has 4 aromatic heterocycles. The molecule has 0 saturated carbocycles. The van der Waals surface area contributed by atoms with Gasteiger partial charge in [0.15, 0.2) is 5.82 Å². The zero-order valence-electron chi connectivity index (χ0n) is 21.8. The van der Waals surface area contributed by atoms with Gasteiger partial charge in [-0.25, -0.2) is 9.97 Å². The summed E-state index contributed by atoms with van der Waals surface area (Å²) in [6.45, 7) is 5.01. The number of aromatic nitrogens is 4. The molecule has 11 heteroatoms. The van der Waals surface area contributed by atoms with Crippen LogP contribution in [0.25, 0.3) is 16.8 Å². The molecule has 0 atom stereocenters. The molecule has 194 valence electrons. The fraction of sp³-hybridized carbons (Fsp3) is 0.222. The van der Waals surface area contributed by atoms with Gasteiger partial charge in [-0.1, -0.05) is 12.6 Å². The third kappa shape index (κ3) is 5.55. The molecule has 1 amide bonds. The van der Waals surface area contributed by atoms with Gasteiger partial charge in [0, 0.05) is 38.1 Å². The van der Waals surface area contributed by atoms with Gasteiger partial charge < -0.3 is 29.6 Å². The molecule has 0 saturated heterocycles. The molecule has 0 spiro atoms. The van der Waals surface area contributed by atoms with Gasteiger partial charge in [0.2, 0.25) is 17.7 Å². The van der Waals surface area contributed by atoms with Crippen LogP contribution in [0.15, 0.2) is 61.4 Å². The van der Waals surface area contributed by atoms with E-state index in [2.05, 4.69) is 43.1 Å². The fourth-order valence-electron chi connectivity index (χ4n) is 3.89. The largest absolute Gasteiger partial charge is 0.479 e. The minimum atomic E-state index is -0.364. The Bertz CT molecular complexity index is 1520. The van der Waals surface area contributed by atoms with Gasteiger partial charge in [-0.05, 0) is 50.5 Å². The monoisotopic (exact) mass is 511 g/mol. The van der Waals surface area contributed by atoms with E-state index in [-0.39, 0.29) is 5.91 Å². The van der Waals surface area contributed by atoms with Crippen molar-refractivity contribution in [3.8, 4) is 23.2 Å². The number of fused-ring (bicyclic) bond motifs is 1. The summed E-state index contributed by atoms with van der Waals surface area (Å²) in [6, 6.07) is 13.2. The number of nitrogens with zero attached hydrogens (tertiary/aromatic N) is 7. The van der Waals surface area contributed by atoms with Crippen molar-refractivity contribution >= 4 is 34.6 Å². The van der Waals surface area contributed by atoms with Crippen molar-refractivity contribution in [2.24, 2.45) is 0 Å². The lowest BCUT2D eigenvalue weighted by molar-refractivity contribution is -0.111. The van der Waals surface area contributed by atoms with Crippen molar-refractivity contribution in [1.29, 1.82) is 5.26 Å². The Hall–Kier alpha value is -4.95. The predicted molar refractivity (Wildman–Crippen MR) is 148 cm³/mol. The number of anilines is 4. The summed E-state index contributed by atoms with van der Waals surface area (Å²) < 4.78 is 7.39. The number of carbonyl (C=O) groups is 1. The van der Waals surface area contributed by atoms with Gasteiger partial charge in [-0.3, -0.25) is 4.79 Å². The lowest BCUT2D eigenvalue weighted by Gasteiger charge is -2.24. The molecule has 4 rings (SSSR count). The maximum atomic E-state index is 12.2. The van der Waals surface area contributed by atoms with Crippen molar-refractivity contribution < 1.29 is 9.53 Å². The Morgan fingerprint density at radius 3 is 2.71 bits per heavy atom. The van der Waals surface area contributed by atoms with Crippen molar-refractivity contribution in [3.05, 3.63) is 67.1 Å². The van der Waals surface area contributed by atoms with Crippen LogP contribution in [-0.2, 0) is 4.79 Å². The molecule has 2 N–H and O–H groups in total. The zero-order valence-corrected chi connectivity index (χ0v) is 21.8. The smallest absolute Gasteiger partial charge is 0.247 e. The first-order valence-corrected chi connectivity index (χ1v) is 11.8. The van der Waals surface area contributed by atoms with Crippen LogP contribution in [0.1, 0.15) is 5.69 Å². The number of methoxy groups -OCH3 is 1. The standard InChI is InChI=1S/C27H29N9O2/c1-6-24(37)30-21-16-22(26(38-5)33-25(21)35(4)14-13-34(2)3)32-27-29-11-10-20(31-27)19-15-18(17-28)36-12-8-7-9-23(19)36/h6-12,15-16H,1,13-14H2,2-5H3,(H,30,37)(H,29,31,32). The molecule has 0 bridgehead atoms. The first-order chi connectivity index (χ1) is 18.3. The average Bonchev–Trinajstić information content (AvgIpc) is 3.31. The van der Waals surface area contributed by atoms with E-state index < -0.39 is 0 Å². The molecule has 0 aliphatic carbocycles. The normalized spacial score (nSPS) is 10.7. The molecular weight excluding hydrogens is 482 g/mol. The third-order valence-corrected chi connectivity index (χ3v) is 5.82. The summed E-state index contributed by atoms with van der Waals surface area (Å²) in [5, 5.41) is 15.5. The van der Waals surface area contributed by atoms with Gasteiger partial charge >= 0.3 is 0 Å². The molecule has 0 aliphatic heterocycles. The number of carbonyl (C=O) groups excluding carboxylic acids is 1. The van der Waals surface area contributed by atoms with Gasteiger partial charge in [0.05, 0.1) is 24.0 Å². The van der Waals surface area contributed by atoms with Crippen LogP contribution in [0.5, 0.6) is 5.88 Å². The zero-order chi connectivity index (χ0) is 27.2. The molecule has 0 unspecified atom stereocenters. The molecule has 0 aromatic carbocycles. The highest BCUT2D eigenvalue weighted by Gasteiger charge is 2.19. The molecule has 11 nitrogen and oxygen atoms in total. The number of nitrogens with one attached hydrogen (secondary N) is 2. The quantitative estimate of drug-likeness (QED) is 0.308. The first-order valence-electron chi connectivity index (χ1n) is 11.8. The van der Waals surface area contributed by atoms with Crippen LogP contribution >= 0.6 is 0 Å². The number of rotatable bonds is 10. The summed E-state index contributed by atoms with van der Waals surface area (Å²) in [5.74, 6) is 0.787. The van der Waals surface area contributed by atoms with Crippen LogP contribution in [0, 0.1) is 11.3 Å². The highest BCUT2D eigenvalue weighted by molar-refractivity contribution is 6.01. The van der Waals surface area contributed by atoms with E-state index in [1.54, 1.807) is 24.4 Å². The molecule has 4 heterocycles. The number of hydrogen-bond acceptors (Lipinski definition) is 9. The summed E-state index contributed by atoms with van der Waals surface area (Å²) in [6.07, 6.45) is 4.67. The first kappa shape index (κ1) is 26.1. The molecule has 0 radical (unpaired) electrons. The van der Waals surface area contributed by atoms with E-state index in [4.69, 9.17) is 4.74 Å². The predicted octanol–water partition coefficient (Wildman–Crippen LogP) is 3.54. The van der Waals surface area contributed by atoms with Gasteiger partial charge in [0.1, 0.15) is 17.5 Å². The Balaban J connectivity index is 1.72. The van der Waals surface area contributed by atoms with E-state index in [0.717, 1.165) is 17.6 Å². The second kappa shape index (κ2) is 11.4. The van der Waals surface area contributed by atoms with Gasteiger partial charge in [0.25, 0.3) is 0 Å². The maximum Gasteiger partial charge on any atom is 0.247 e. The Kier molecular flexibility index (Phi) is 7.84. The fourth-order valence-corrected chi connectivity index (χ4v) is 3.89. The maximum absolute atomic E-state index is 12.2. The molecular formula is C27H29N9O2.